The highest BCUT2D eigenvalue weighted by Gasteiger charge is 2.20. The smallest absolute Gasteiger partial charge is 0.272 e. The number of aromatic amines is 2. The summed E-state index contributed by atoms with van der Waals surface area (Å²) in [6.07, 6.45) is 1.22. The fraction of sp³-hybridized carbons (Fsp3) is 0.0870. The topological polar surface area (TPSA) is 205 Å². The molecule has 6 rings (SSSR count). The summed E-state index contributed by atoms with van der Waals surface area (Å²) < 4.78 is 5.35. The van der Waals surface area contributed by atoms with E-state index in [1.165, 1.54) is 6.33 Å². The molecule has 38 heavy (non-hydrogen) atoms. The predicted molar refractivity (Wildman–Crippen MR) is 131 cm³/mol. The van der Waals surface area contributed by atoms with Crippen LogP contribution in [0.1, 0.15) is 26.4 Å². The molecule has 5 N–H and O–H groups in total. The van der Waals surface area contributed by atoms with Gasteiger partial charge in [-0.05, 0) is 35.0 Å². The minimum absolute atomic E-state index is 0.0345. The number of ether oxygens (including phenoxy) is 1. The summed E-state index contributed by atoms with van der Waals surface area (Å²) in [6, 6.07) is 11.8. The zero-order valence-electron chi connectivity index (χ0n) is 19.3. The molecule has 1 aliphatic heterocycles. The maximum atomic E-state index is 12.9. The molecular formula is C23H17N11O4. The van der Waals surface area contributed by atoms with Crippen molar-refractivity contribution < 1.29 is 19.1 Å². The monoisotopic (exact) mass is 511 g/mol. The number of rotatable bonds is 6. The van der Waals surface area contributed by atoms with Gasteiger partial charge in [0.1, 0.15) is 23.1 Å². The van der Waals surface area contributed by atoms with Crippen LogP contribution in [0.15, 0.2) is 48.8 Å². The molecular weight excluding hydrogens is 494 g/mol. The Morgan fingerprint density at radius 3 is 2.71 bits per heavy atom. The fourth-order valence-corrected chi connectivity index (χ4v) is 3.84. The van der Waals surface area contributed by atoms with Crippen LogP contribution in [-0.2, 0) is 11.3 Å². The van der Waals surface area contributed by atoms with E-state index in [0.29, 0.717) is 28.4 Å². The Kier molecular flexibility index (Phi) is 5.61. The highest BCUT2D eigenvalue weighted by Crippen LogP contribution is 2.28. The first-order chi connectivity index (χ1) is 18.5. The lowest BCUT2D eigenvalue weighted by atomic mass is 10.1. The van der Waals surface area contributed by atoms with Crippen LogP contribution in [0, 0.1) is 0 Å². The molecule has 0 spiro atoms. The molecule has 0 aliphatic carbocycles. The van der Waals surface area contributed by atoms with Gasteiger partial charge in [-0.2, -0.15) is 10.3 Å². The van der Waals surface area contributed by atoms with E-state index in [4.69, 9.17) is 4.74 Å². The summed E-state index contributed by atoms with van der Waals surface area (Å²) in [7, 11) is 0. The van der Waals surface area contributed by atoms with E-state index in [-0.39, 0.29) is 41.6 Å². The summed E-state index contributed by atoms with van der Waals surface area (Å²) in [4.78, 5) is 45.5. The van der Waals surface area contributed by atoms with Gasteiger partial charge in [-0.1, -0.05) is 18.2 Å². The van der Waals surface area contributed by atoms with Gasteiger partial charge in [0, 0.05) is 17.7 Å². The van der Waals surface area contributed by atoms with Crippen molar-refractivity contribution in [1.29, 1.82) is 0 Å². The third-order valence-corrected chi connectivity index (χ3v) is 5.68. The molecule has 0 radical (unpaired) electrons. The van der Waals surface area contributed by atoms with E-state index in [2.05, 4.69) is 56.7 Å². The van der Waals surface area contributed by atoms with Crippen molar-refractivity contribution in [2.45, 2.75) is 6.54 Å². The summed E-state index contributed by atoms with van der Waals surface area (Å²) >= 11 is 0. The third kappa shape index (κ3) is 4.34. The van der Waals surface area contributed by atoms with Crippen LogP contribution < -0.4 is 20.7 Å². The number of fused-ring (bicyclic) bond motifs is 2. The largest absolute Gasteiger partial charge is 0.482 e. The molecule has 1 aliphatic rings. The van der Waals surface area contributed by atoms with E-state index in [1.54, 1.807) is 42.5 Å². The van der Waals surface area contributed by atoms with Gasteiger partial charge in [0.2, 0.25) is 5.82 Å². The number of carbonyl (C=O) groups excluding carboxylic acids is 3. The van der Waals surface area contributed by atoms with Gasteiger partial charge < -0.3 is 20.7 Å². The molecule has 0 fully saturated rings. The lowest BCUT2D eigenvalue weighted by Crippen LogP contribution is -2.26. The second-order valence-electron chi connectivity index (χ2n) is 8.14. The van der Waals surface area contributed by atoms with E-state index in [0.717, 1.165) is 5.56 Å². The second-order valence-corrected chi connectivity index (χ2v) is 8.14. The first-order valence-corrected chi connectivity index (χ1v) is 11.2. The minimum atomic E-state index is -0.478. The number of H-pyrrole nitrogens is 2. The van der Waals surface area contributed by atoms with Gasteiger partial charge >= 0.3 is 0 Å². The normalized spacial score (nSPS) is 12.4. The SMILES string of the molecule is O=C1COc2ccc(CNC(=O)c3ncnc4c(NC(=O)c5ccc(-c6nn[nH]n6)cc5)n[nH]c34)cc2N1. The fourth-order valence-electron chi connectivity index (χ4n) is 3.84. The highest BCUT2D eigenvalue weighted by molar-refractivity contribution is 6.10. The predicted octanol–water partition coefficient (Wildman–Crippen LogP) is 1.05. The van der Waals surface area contributed by atoms with Crippen molar-refractivity contribution in [2.24, 2.45) is 0 Å². The average molecular weight is 511 g/mol. The lowest BCUT2D eigenvalue weighted by Gasteiger charge is -2.18. The minimum Gasteiger partial charge on any atom is -0.482 e. The summed E-state index contributed by atoms with van der Waals surface area (Å²) in [6.45, 7) is 0.137. The Bertz CT molecular complexity index is 1680. The van der Waals surface area contributed by atoms with Gasteiger partial charge in [-0.3, -0.25) is 19.5 Å². The lowest BCUT2D eigenvalue weighted by molar-refractivity contribution is -0.118. The molecule has 0 atom stereocenters. The number of aromatic nitrogens is 8. The van der Waals surface area contributed by atoms with Crippen LogP contribution in [0.5, 0.6) is 5.75 Å². The second kappa shape index (κ2) is 9.38. The number of hydrogen-bond acceptors (Lipinski definition) is 10. The molecule has 5 aromatic rings. The van der Waals surface area contributed by atoms with Crippen molar-refractivity contribution in [3.8, 4) is 17.1 Å². The standard InChI is InChI=1S/C23H17N11O4/c35-16-9-38-15-6-1-11(7-14(15)27-16)8-24-23(37)19-17-18(25-10-26-19)21(30-29-17)28-22(36)13-4-2-12(3-5-13)20-31-33-34-32-20/h1-7,10H,8-9H2,(H,24,37)(H,27,35)(H2,28,29,30,36)(H,31,32,33,34). The van der Waals surface area contributed by atoms with Gasteiger partial charge in [0.05, 0.1) is 5.69 Å². The molecule has 2 aromatic carbocycles. The number of anilines is 2. The molecule has 0 unspecified atom stereocenters. The van der Waals surface area contributed by atoms with Crippen molar-refractivity contribution >= 4 is 40.3 Å². The van der Waals surface area contributed by atoms with Crippen LogP contribution in [-0.4, -0.2) is 65.1 Å². The van der Waals surface area contributed by atoms with E-state index >= 15 is 0 Å². The quantitative estimate of drug-likeness (QED) is 0.219. The molecule has 15 heteroatoms. The number of hydrogen-bond donors (Lipinski definition) is 5. The zero-order chi connectivity index (χ0) is 26.1. The average Bonchev–Trinajstić information content (AvgIpc) is 3.62. The Labute approximate surface area is 212 Å². The molecule has 3 aromatic heterocycles. The third-order valence-electron chi connectivity index (χ3n) is 5.68. The van der Waals surface area contributed by atoms with Crippen molar-refractivity contribution in [3.63, 3.8) is 0 Å². The molecule has 0 bridgehead atoms. The van der Waals surface area contributed by atoms with Crippen LogP contribution in [0.2, 0.25) is 0 Å². The first kappa shape index (κ1) is 22.7. The zero-order valence-corrected chi connectivity index (χ0v) is 19.3. The maximum Gasteiger partial charge on any atom is 0.272 e. The Morgan fingerprint density at radius 1 is 1.03 bits per heavy atom. The number of nitrogens with one attached hydrogen (secondary N) is 5. The van der Waals surface area contributed by atoms with Gasteiger partial charge in [0.15, 0.2) is 18.1 Å². The van der Waals surface area contributed by atoms with Crippen molar-refractivity contribution in [2.75, 3.05) is 17.2 Å². The van der Waals surface area contributed by atoms with Crippen LogP contribution in [0.3, 0.4) is 0 Å². The molecule has 188 valence electrons. The van der Waals surface area contributed by atoms with E-state index in [9.17, 15) is 14.4 Å². The van der Waals surface area contributed by atoms with Gasteiger partial charge in [-0.25, -0.2) is 9.97 Å². The van der Waals surface area contributed by atoms with E-state index in [1.807, 2.05) is 0 Å². The maximum absolute atomic E-state index is 12.9. The summed E-state index contributed by atoms with van der Waals surface area (Å²) in [5.41, 5.74) is 2.94. The molecule has 15 nitrogen and oxygen atoms in total. The van der Waals surface area contributed by atoms with Gasteiger partial charge in [0.25, 0.3) is 17.7 Å². The van der Waals surface area contributed by atoms with Crippen LogP contribution >= 0.6 is 0 Å². The molecule has 4 heterocycles. The van der Waals surface area contributed by atoms with Crippen molar-refractivity contribution in [3.05, 3.63) is 65.6 Å². The van der Waals surface area contributed by atoms with Gasteiger partial charge in [-0.15, -0.1) is 10.2 Å². The number of benzene rings is 2. The summed E-state index contributed by atoms with van der Waals surface area (Å²) in [5, 5.41) is 28.7. The Balaban J connectivity index is 1.15. The number of carbonyl (C=O) groups is 3. The Morgan fingerprint density at radius 2 is 1.89 bits per heavy atom. The highest BCUT2D eigenvalue weighted by atomic mass is 16.5. The van der Waals surface area contributed by atoms with Crippen LogP contribution in [0.25, 0.3) is 22.4 Å². The summed E-state index contributed by atoms with van der Waals surface area (Å²) in [5.74, 6) is -0.0309. The van der Waals surface area contributed by atoms with Crippen molar-refractivity contribution in [1.82, 2.24) is 46.1 Å². The molecule has 3 amide bonds. The van der Waals surface area contributed by atoms with Crippen LogP contribution in [0.4, 0.5) is 11.5 Å². The van der Waals surface area contributed by atoms with E-state index < -0.39 is 11.8 Å². The Hall–Kier alpha value is -5.73. The molecule has 0 saturated heterocycles. The molecule has 0 saturated carbocycles. The number of tetrazole rings is 1. The first-order valence-electron chi connectivity index (χ1n) is 11.2. The number of nitrogens with zero attached hydrogens (tertiary/aromatic N) is 6. The number of amides is 3.